The van der Waals surface area contributed by atoms with Gasteiger partial charge in [-0.3, -0.25) is 4.79 Å². The predicted octanol–water partition coefficient (Wildman–Crippen LogP) is 3.10. The number of hydrogen-bond acceptors (Lipinski definition) is 2. The van der Waals surface area contributed by atoms with Crippen molar-refractivity contribution in [3.8, 4) is 0 Å². The van der Waals surface area contributed by atoms with Crippen LogP contribution in [0.5, 0.6) is 0 Å². The van der Waals surface area contributed by atoms with Crippen molar-refractivity contribution in [1.29, 1.82) is 0 Å². The van der Waals surface area contributed by atoms with E-state index in [1.54, 1.807) is 24.3 Å². The maximum absolute atomic E-state index is 12.6. The van der Waals surface area contributed by atoms with Gasteiger partial charge in [-0.15, -0.1) is 0 Å². The van der Waals surface area contributed by atoms with Gasteiger partial charge in [0.1, 0.15) is 5.54 Å². The molecule has 2 aliphatic rings. The molecule has 0 radical (unpaired) electrons. The molecule has 2 fully saturated rings. The summed E-state index contributed by atoms with van der Waals surface area (Å²) in [5.74, 6) is -0.162. The molecule has 0 aromatic heterocycles. The van der Waals surface area contributed by atoms with Gasteiger partial charge in [0, 0.05) is 0 Å². The van der Waals surface area contributed by atoms with E-state index in [4.69, 9.17) is 11.6 Å². The molecule has 1 heterocycles. The fraction of sp³-hybridized carbons (Fsp3) is 0.429. The number of urea groups is 1. The summed E-state index contributed by atoms with van der Waals surface area (Å²) in [6.45, 7) is 0. The van der Waals surface area contributed by atoms with Gasteiger partial charge in [-0.1, -0.05) is 43.0 Å². The Morgan fingerprint density at radius 1 is 1.11 bits per heavy atom. The largest absolute Gasteiger partial charge is 0.329 e. The highest BCUT2D eigenvalue weighted by Gasteiger charge is 2.52. The zero-order valence-electron chi connectivity index (χ0n) is 10.5. The number of halogens is 1. The molecule has 4 nitrogen and oxygen atoms in total. The van der Waals surface area contributed by atoms with Crippen molar-refractivity contribution in [2.45, 2.75) is 37.6 Å². The Bertz CT molecular complexity index is 538. The maximum atomic E-state index is 12.6. The third-order valence-corrected chi connectivity index (χ3v) is 4.28. The molecule has 0 unspecified atom stereocenters. The summed E-state index contributed by atoms with van der Waals surface area (Å²) in [6, 6.07) is 6.57. The van der Waals surface area contributed by atoms with Gasteiger partial charge in [-0.05, 0) is 25.0 Å². The Kier molecular flexibility index (Phi) is 2.97. The van der Waals surface area contributed by atoms with Gasteiger partial charge in [0.15, 0.2) is 0 Å². The average Bonchev–Trinajstić information content (AvgIpc) is 2.63. The summed E-state index contributed by atoms with van der Waals surface area (Å²) in [4.78, 5) is 26.0. The highest BCUT2D eigenvalue weighted by atomic mass is 35.5. The number of nitrogens with one attached hydrogen (secondary N) is 1. The SMILES string of the molecule is O=C1NC2(CCCCC2)C(=O)N1c1ccccc1Cl. The van der Waals surface area contributed by atoms with Gasteiger partial charge in [0.05, 0.1) is 10.7 Å². The first-order valence-electron chi connectivity index (χ1n) is 6.55. The number of nitrogens with zero attached hydrogens (tertiary/aromatic N) is 1. The smallest absolute Gasteiger partial charge is 0.323 e. The molecule has 19 heavy (non-hydrogen) atoms. The number of amides is 3. The van der Waals surface area contributed by atoms with Crippen molar-refractivity contribution in [2.24, 2.45) is 0 Å². The van der Waals surface area contributed by atoms with E-state index in [-0.39, 0.29) is 11.9 Å². The number of benzene rings is 1. The fourth-order valence-corrected chi connectivity index (χ4v) is 3.19. The quantitative estimate of drug-likeness (QED) is 0.803. The molecular formula is C14H15ClN2O2. The van der Waals surface area contributed by atoms with Crippen LogP contribution in [0.4, 0.5) is 10.5 Å². The van der Waals surface area contributed by atoms with Gasteiger partial charge < -0.3 is 5.32 Å². The van der Waals surface area contributed by atoms with Crippen molar-refractivity contribution in [3.63, 3.8) is 0 Å². The van der Waals surface area contributed by atoms with E-state index in [0.29, 0.717) is 10.7 Å². The first-order chi connectivity index (χ1) is 9.14. The predicted molar refractivity (Wildman–Crippen MR) is 73.3 cm³/mol. The van der Waals surface area contributed by atoms with Gasteiger partial charge in [-0.2, -0.15) is 0 Å². The summed E-state index contributed by atoms with van der Waals surface area (Å²) in [7, 11) is 0. The van der Waals surface area contributed by atoms with Gasteiger partial charge >= 0.3 is 6.03 Å². The van der Waals surface area contributed by atoms with E-state index in [2.05, 4.69) is 5.32 Å². The van der Waals surface area contributed by atoms with Crippen LogP contribution in [0.3, 0.4) is 0 Å². The molecule has 1 spiro atoms. The summed E-state index contributed by atoms with van der Waals surface area (Å²) in [5, 5.41) is 3.29. The molecule has 1 aromatic rings. The number of carbonyl (C=O) groups excluding carboxylic acids is 2. The molecule has 1 aromatic carbocycles. The topological polar surface area (TPSA) is 49.4 Å². The number of rotatable bonds is 1. The molecule has 1 aliphatic carbocycles. The Labute approximate surface area is 116 Å². The number of anilines is 1. The van der Waals surface area contributed by atoms with Crippen LogP contribution < -0.4 is 10.2 Å². The molecule has 0 bridgehead atoms. The first-order valence-corrected chi connectivity index (χ1v) is 6.93. The molecule has 1 saturated heterocycles. The second kappa shape index (κ2) is 4.53. The van der Waals surface area contributed by atoms with Crippen LogP contribution >= 0.6 is 11.6 Å². The summed E-state index contributed by atoms with van der Waals surface area (Å²) in [5.41, 5.74) is -0.233. The monoisotopic (exact) mass is 278 g/mol. The van der Waals surface area contributed by atoms with Crippen molar-refractivity contribution >= 4 is 29.2 Å². The van der Waals surface area contributed by atoms with Crippen LogP contribution in [0, 0.1) is 0 Å². The minimum Gasteiger partial charge on any atom is -0.323 e. The van der Waals surface area contributed by atoms with Gasteiger partial charge in [-0.25, -0.2) is 9.69 Å². The summed E-state index contributed by atoms with van der Waals surface area (Å²) in [6.07, 6.45) is 4.51. The first kappa shape index (κ1) is 12.5. The lowest BCUT2D eigenvalue weighted by molar-refractivity contribution is -0.123. The van der Waals surface area contributed by atoms with Gasteiger partial charge in [0.2, 0.25) is 0 Å². The van der Waals surface area contributed by atoms with Crippen molar-refractivity contribution in [2.75, 3.05) is 4.90 Å². The lowest BCUT2D eigenvalue weighted by Gasteiger charge is -2.30. The fourth-order valence-electron chi connectivity index (χ4n) is 2.97. The zero-order chi connectivity index (χ0) is 13.5. The molecule has 0 atom stereocenters. The van der Waals surface area contributed by atoms with E-state index in [1.165, 1.54) is 4.90 Å². The highest BCUT2D eigenvalue weighted by Crippen LogP contribution is 2.37. The minimum atomic E-state index is -0.700. The summed E-state index contributed by atoms with van der Waals surface area (Å²) < 4.78 is 0. The molecule has 5 heteroatoms. The van der Waals surface area contributed by atoms with E-state index >= 15 is 0 Å². The number of para-hydroxylation sites is 1. The molecule has 100 valence electrons. The number of imide groups is 1. The standard InChI is InChI=1S/C14H15ClN2O2/c15-10-6-2-3-7-11(10)17-12(18)14(16-13(17)19)8-4-1-5-9-14/h2-3,6-7H,1,4-5,8-9H2,(H,16,19). The van der Waals surface area contributed by atoms with Crippen molar-refractivity contribution < 1.29 is 9.59 Å². The third kappa shape index (κ3) is 1.91. The van der Waals surface area contributed by atoms with Crippen LogP contribution in [-0.2, 0) is 4.79 Å². The van der Waals surface area contributed by atoms with Crippen LogP contribution in [0.1, 0.15) is 32.1 Å². The molecule has 3 amide bonds. The number of carbonyl (C=O) groups is 2. The Morgan fingerprint density at radius 2 is 1.79 bits per heavy atom. The average molecular weight is 279 g/mol. The Morgan fingerprint density at radius 3 is 2.47 bits per heavy atom. The van der Waals surface area contributed by atoms with Crippen LogP contribution in [0.25, 0.3) is 0 Å². The lowest BCUT2D eigenvalue weighted by Crippen LogP contribution is -2.48. The normalized spacial score (nSPS) is 21.8. The third-order valence-electron chi connectivity index (χ3n) is 3.96. The molecule has 1 aliphatic heterocycles. The minimum absolute atomic E-state index is 0.162. The Balaban J connectivity index is 1.98. The second-order valence-corrected chi connectivity index (χ2v) is 5.57. The van der Waals surface area contributed by atoms with Gasteiger partial charge in [0.25, 0.3) is 5.91 Å². The maximum Gasteiger partial charge on any atom is 0.329 e. The van der Waals surface area contributed by atoms with Crippen LogP contribution in [0.2, 0.25) is 5.02 Å². The molecule has 1 saturated carbocycles. The van der Waals surface area contributed by atoms with Crippen molar-refractivity contribution in [3.05, 3.63) is 29.3 Å². The highest BCUT2D eigenvalue weighted by molar-refractivity contribution is 6.36. The molecule has 3 rings (SSSR count). The van der Waals surface area contributed by atoms with Crippen molar-refractivity contribution in [1.82, 2.24) is 5.32 Å². The van der Waals surface area contributed by atoms with E-state index in [0.717, 1.165) is 32.1 Å². The summed E-state index contributed by atoms with van der Waals surface area (Å²) >= 11 is 6.09. The van der Waals surface area contributed by atoms with Crippen LogP contribution in [-0.4, -0.2) is 17.5 Å². The lowest BCUT2D eigenvalue weighted by atomic mass is 9.82. The molecule has 1 N–H and O–H groups in total. The van der Waals surface area contributed by atoms with E-state index in [1.807, 2.05) is 0 Å². The molecular weight excluding hydrogens is 264 g/mol. The second-order valence-electron chi connectivity index (χ2n) is 5.16. The number of hydrogen-bond donors (Lipinski definition) is 1. The van der Waals surface area contributed by atoms with E-state index in [9.17, 15) is 9.59 Å². The van der Waals surface area contributed by atoms with E-state index < -0.39 is 5.54 Å². The Hall–Kier alpha value is -1.55. The van der Waals surface area contributed by atoms with Crippen LogP contribution in [0.15, 0.2) is 24.3 Å². The zero-order valence-corrected chi connectivity index (χ0v) is 11.2.